The Balaban J connectivity index is 2.01. The lowest BCUT2D eigenvalue weighted by Gasteiger charge is -2.36. The highest BCUT2D eigenvalue weighted by Gasteiger charge is 2.34. The standard InChI is InChI=1S/C22H30BrN3O5S/c1-4-5-6-11-30-19(27)13-17-21(29)24-9-10-26(17)22(32)25-20(28)15-7-8-18(16(23)12-15)31-14(2)3/h7-8,12,14,17H,4-6,9-11,13H2,1-3H3,(H,24,29)(H,25,28,32). The Kier molecular flexibility index (Phi) is 10.4. The van der Waals surface area contributed by atoms with Gasteiger partial charge in [-0.25, -0.2) is 0 Å². The van der Waals surface area contributed by atoms with E-state index in [-0.39, 0.29) is 23.5 Å². The number of nitrogens with one attached hydrogen (secondary N) is 2. The largest absolute Gasteiger partial charge is 0.490 e. The van der Waals surface area contributed by atoms with Gasteiger partial charge in [0, 0.05) is 18.7 Å². The second kappa shape index (κ2) is 12.7. The first-order valence-electron chi connectivity index (χ1n) is 10.7. The highest BCUT2D eigenvalue weighted by atomic mass is 79.9. The van der Waals surface area contributed by atoms with E-state index >= 15 is 0 Å². The van der Waals surface area contributed by atoms with E-state index in [1.165, 1.54) is 0 Å². The second-order valence-electron chi connectivity index (χ2n) is 7.70. The van der Waals surface area contributed by atoms with Crippen LogP contribution in [0.4, 0.5) is 0 Å². The van der Waals surface area contributed by atoms with Gasteiger partial charge in [0.05, 0.1) is 23.6 Å². The van der Waals surface area contributed by atoms with Crippen molar-refractivity contribution < 1.29 is 23.9 Å². The Morgan fingerprint density at radius 1 is 1.34 bits per heavy atom. The summed E-state index contributed by atoms with van der Waals surface area (Å²) in [5, 5.41) is 5.48. The number of nitrogens with zero attached hydrogens (tertiary/aromatic N) is 1. The van der Waals surface area contributed by atoms with Crippen molar-refractivity contribution in [3.63, 3.8) is 0 Å². The number of esters is 1. The number of carbonyl (C=O) groups excluding carboxylic acids is 3. The fourth-order valence-corrected chi connectivity index (χ4v) is 3.93. The zero-order valence-corrected chi connectivity index (χ0v) is 21.0. The van der Waals surface area contributed by atoms with Gasteiger partial charge in [-0.3, -0.25) is 19.7 Å². The third-order valence-corrected chi connectivity index (χ3v) is 5.70. The van der Waals surface area contributed by atoms with Gasteiger partial charge in [0.2, 0.25) is 5.91 Å². The van der Waals surface area contributed by atoms with Crippen LogP contribution in [0.25, 0.3) is 0 Å². The Labute approximate surface area is 202 Å². The predicted molar refractivity (Wildman–Crippen MR) is 129 cm³/mol. The molecule has 0 aromatic heterocycles. The van der Waals surface area contributed by atoms with Crippen LogP contribution in [-0.4, -0.2) is 59.6 Å². The molecule has 1 aliphatic rings. The first-order chi connectivity index (χ1) is 15.2. The van der Waals surface area contributed by atoms with Crippen LogP contribution in [-0.2, 0) is 14.3 Å². The molecule has 0 saturated carbocycles. The first kappa shape index (κ1) is 26.1. The highest BCUT2D eigenvalue weighted by Crippen LogP contribution is 2.27. The van der Waals surface area contributed by atoms with Crippen LogP contribution in [0.5, 0.6) is 5.75 Å². The Morgan fingerprint density at radius 2 is 2.09 bits per heavy atom. The highest BCUT2D eigenvalue weighted by molar-refractivity contribution is 9.10. The fraction of sp³-hybridized carbons (Fsp3) is 0.545. The minimum atomic E-state index is -0.830. The summed E-state index contributed by atoms with van der Waals surface area (Å²) in [6.07, 6.45) is 2.64. The lowest BCUT2D eigenvalue weighted by atomic mass is 10.1. The van der Waals surface area contributed by atoms with E-state index in [0.717, 1.165) is 19.3 Å². The molecule has 1 atom stereocenters. The number of benzene rings is 1. The number of hydrogen-bond donors (Lipinski definition) is 2. The molecule has 32 heavy (non-hydrogen) atoms. The molecule has 0 spiro atoms. The molecule has 1 aromatic carbocycles. The molecular formula is C22H30BrN3O5S. The van der Waals surface area contributed by atoms with E-state index in [1.54, 1.807) is 23.1 Å². The molecule has 10 heteroatoms. The van der Waals surface area contributed by atoms with Crippen molar-refractivity contribution in [1.29, 1.82) is 0 Å². The van der Waals surface area contributed by atoms with Crippen LogP contribution in [0.2, 0.25) is 0 Å². The molecule has 8 nitrogen and oxygen atoms in total. The first-order valence-corrected chi connectivity index (χ1v) is 11.9. The maximum Gasteiger partial charge on any atom is 0.308 e. The smallest absolute Gasteiger partial charge is 0.308 e. The molecule has 2 rings (SSSR count). The van der Waals surface area contributed by atoms with Crippen LogP contribution in [0.1, 0.15) is 56.8 Å². The Morgan fingerprint density at radius 3 is 2.75 bits per heavy atom. The molecule has 2 amide bonds. The number of unbranched alkanes of at least 4 members (excludes halogenated alkanes) is 2. The molecular weight excluding hydrogens is 498 g/mol. The maximum atomic E-state index is 12.7. The number of thiocarbonyl (C=S) groups is 1. The van der Waals surface area contributed by atoms with Gasteiger partial charge in [-0.05, 0) is 66.6 Å². The second-order valence-corrected chi connectivity index (χ2v) is 8.94. The SMILES string of the molecule is CCCCCOC(=O)CC1C(=O)NCCN1C(=S)NC(=O)c1ccc(OC(C)C)c(Br)c1. The summed E-state index contributed by atoms with van der Waals surface area (Å²) in [5.74, 6) is -0.578. The lowest BCUT2D eigenvalue weighted by molar-refractivity contribution is -0.147. The Hall–Kier alpha value is -2.20. The quantitative estimate of drug-likeness (QED) is 0.289. The molecule has 176 valence electrons. The summed E-state index contributed by atoms with van der Waals surface area (Å²) < 4.78 is 11.5. The lowest BCUT2D eigenvalue weighted by Crippen LogP contribution is -2.60. The molecule has 2 N–H and O–H groups in total. The van der Waals surface area contributed by atoms with Crippen molar-refractivity contribution in [2.75, 3.05) is 19.7 Å². The minimum absolute atomic E-state index is 0.000861. The maximum absolute atomic E-state index is 12.7. The van der Waals surface area contributed by atoms with Gasteiger partial charge in [-0.1, -0.05) is 19.8 Å². The Bertz CT molecular complexity index is 849. The number of halogens is 1. The van der Waals surface area contributed by atoms with Gasteiger partial charge < -0.3 is 19.7 Å². The van der Waals surface area contributed by atoms with Crippen LogP contribution in [0.15, 0.2) is 22.7 Å². The molecule has 1 unspecified atom stereocenters. The summed E-state index contributed by atoms with van der Waals surface area (Å²) in [6, 6.07) is 4.15. The van der Waals surface area contributed by atoms with E-state index < -0.39 is 17.9 Å². The van der Waals surface area contributed by atoms with Gasteiger partial charge in [0.25, 0.3) is 5.91 Å². The number of ether oxygens (including phenoxy) is 2. The number of amides is 2. The average molecular weight is 528 g/mol. The summed E-state index contributed by atoms with van der Waals surface area (Å²) in [6.45, 7) is 6.96. The van der Waals surface area contributed by atoms with Crippen LogP contribution in [0, 0.1) is 0 Å². The van der Waals surface area contributed by atoms with Gasteiger partial charge in [0.1, 0.15) is 11.8 Å². The zero-order chi connectivity index (χ0) is 23.7. The van der Waals surface area contributed by atoms with Gasteiger partial charge >= 0.3 is 5.97 Å². The molecule has 0 aliphatic carbocycles. The monoisotopic (exact) mass is 527 g/mol. The van der Waals surface area contributed by atoms with E-state index in [4.69, 9.17) is 21.7 Å². The van der Waals surface area contributed by atoms with E-state index in [0.29, 0.717) is 35.5 Å². The molecule has 1 aliphatic heterocycles. The van der Waals surface area contributed by atoms with Gasteiger partial charge in [0.15, 0.2) is 5.11 Å². The normalized spacial score (nSPS) is 15.8. The summed E-state index contributed by atoms with van der Waals surface area (Å²) in [7, 11) is 0. The van der Waals surface area contributed by atoms with Gasteiger partial charge in [-0.2, -0.15) is 0 Å². The van der Waals surface area contributed by atoms with E-state index in [9.17, 15) is 14.4 Å². The molecule has 0 radical (unpaired) electrons. The molecule has 0 bridgehead atoms. The summed E-state index contributed by atoms with van der Waals surface area (Å²) >= 11 is 8.81. The van der Waals surface area contributed by atoms with Crippen molar-refractivity contribution in [1.82, 2.24) is 15.5 Å². The van der Waals surface area contributed by atoms with Gasteiger partial charge in [-0.15, -0.1) is 0 Å². The molecule has 1 heterocycles. The summed E-state index contributed by atoms with van der Waals surface area (Å²) in [5.41, 5.74) is 0.378. The number of rotatable bonds is 9. The zero-order valence-electron chi connectivity index (χ0n) is 18.6. The van der Waals surface area contributed by atoms with Crippen LogP contribution < -0.4 is 15.4 Å². The number of piperazine rings is 1. The van der Waals surface area contributed by atoms with Crippen molar-refractivity contribution in [3.05, 3.63) is 28.2 Å². The van der Waals surface area contributed by atoms with Crippen molar-refractivity contribution in [3.8, 4) is 5.75 Å². The van der Waals surface area contributed by atoms with E-state index in [2.05, 4.69) is 33.5 Å². The average Bonchev–Trinajstić information content (AvgIpc) is 2.73. The van der Waals surface area contributed by atoms with Crippen molar-refractivity contribution in [2.45, 2.75) is 58.6 Å². The van der Waals surface area contributed by atoms with E-state index in [1.807, 2.05) is 13.8 Å². The molecule has 1 aromatic rings. The third-order valence-electron chi connectivity index (χ3n) is 4.74. The number of hydrogen-bond acceptors (Lipinski definition) is 6. The molecule has 1 saturated heterocycles. The predicted octanol–water partition coefficient (Wildman–Crippen LogP) is 3.17. The third kappa shape index (κ3) is 7.74. The van der Waals surface area contributed by atoms with Crippen molar-refractivity contribution in [2.24, 2.45) is 0 Å². The fourth-order valence-electron chi connectivity index (χ4n) is 3.15. The summed E-state index contributed by atoms with van der Waals surface area (Å²) in [4.78, 5) is 38.9. The molecule has 1 fully saturated rings. The number of carbonyl (C=O) groups is 3. The van der Waals surface area contributed by atoms with Crippen LogP contribution >= 0.6 is 28.1 Å². The van der Waals surface area contributed by atoms with Crippen molar-refractivity contribution >= 4 is 51.0 Å². The van der Waals surface area contributed by atoms with Crippen LogP contribution in [0.3, 0.4) is 0 Å². The topological polar surface area (TPSA) is 97.0 Å². The minimum Gasteiger partial charge on any atom is -0.490 e.